The number of fused-ring (bicyclic) bond motifs is 2. The van der Waals surface area contributed by atoms with Gasteiger partial charge in [-0.3, -0.25) is 0 Å². The summed E-state index contributed by atoms with van der Waals surface area (Å²) in [6.45, 7) is 1.53. The zero-order valence-electron chi connectivity index (χ0n) is 24.2. The Balaban J connectivity index is 1.01. The number of tetrazole rings is 2. The van der Waals surface area contributed by atoms with Gasteiger partial charge < -0.3 is 18.9 Å². The molecule has 6 aromatic rings. The van der Waals surface area contributed by atoms with Crippen molar-refractivity contribution in [1.82, 2.24) is 46.2 Å². The molecule has 0 saturated heterocycles. The molecule has 0 saturated carbocycles. The van der Waals surface area contributed by atoms with E-state index < -0.39 is 0 Å². The number of aryl methyl sites for hydroxylation is 1. The first-order valence-electron chi connectivity index (χ1n) is 14.5. The second kappa shape index (κ2) is 13.3. The number of hydrogen-bond donors (Lipinski definition) is 2. The van der Waals surface area contributed by atoms with Crippen LogP contribution in [0.5, 0.6) is 17.2 Å². The SMILES string of the molecule is C1=C(c2nnn[nH]2)Oc2cc(COCc3cc(OCc4ccc5ccccc5n4)ccc3OCCCc3nnn[nH]3)ccc2C1. The van der Waals surface area contributed by atoms with Crippen molar-refractivity contribution in [2.24, 2.45) is 0 Å². The molecule has 2 N–H and O–H groups in total. The van der Waals surface area contributed by atoms with Crippen LogP contribution < -0.4 is 14.2 Å². The number of pyridine rings is 1. The molecule has 0 atom stereocenters. The number of para-hydroxylation sites is 1. The second-order valence-electron chi connectivity index (χ2n) is 10.4. The third-order valence-corrected chi connectivity index (χ3v) is 7.24. The Labute approximate surface area is 257 Å². The Morgan fingerprint density at radius 1 is 0.822 bits per heavy atom. The lowest BCUT2D eigenvalue weighted by Gasteiger charge is -2.18. The lowest BCUT2D eigenvalue weighted by Crippen LogP contribution is -2.07. The normalized spacial score (nSPS) is 12.4. The van der Waals surface area contributed by atoms with Crippen LogP contribution in [0.4, 0.5) is 0 Å². The Morgan fingerprint density at radius 3 is 2.67 bits per heavy atom. The Bertz CT molecular complexity index is 1910. The number of hydrogen-bond acceptors (Lipinski definition) is 11. The van der Waals surface area contributed by atoms with Crippen molar-refractivity contribution in [3.05, 3.63) is 113 Å². The standard InChI is InChI=1S/C32H29N9O4/c1-2-5-27-22(4-1)9-11-25(33-27)20-44-26-12-14-28(43-15-3-6-31-34-38-39-35-31)24(17-26)19-42-18-21-7-8-23-10-13-29(45-30(23)16-21)32-36-40-41-37-32/h1-2,4-5,7-9,11-14,16-17H,3,6,10,15,18-20H2,(H,34,35,38,39)(H,36,37,40,41). The molecule has 3 aromatic heterocycles. The number of nitrogens with zero attached hydrogens (tertiary/aromatic N) is 7. The third kappa shape index (κ3) is 6.94. The molecule has 45 heavy (non-hydrogen) atoms. The number of allylic oxidation sites excluding steroid dienone is 1. The van der Waals surface area contributed by atoms with Crippen molar-refractivity contribution < 1.29 is 18.9 Å². The van der Waals surface area contributed by atoms with Crippen molar-refractivity contribution in [1.29, 1.82) is 0 Å². The summed E-state index contributed by atoms with van der Waals surface area (Å²) >= 11 is 0. The van der Waals surface area contributed by atoms with Gasteiger partial charge in [0.2, 0.25) is 5.82 Å². The van der Waals surface area contributed by atoms with Gasteiger partial charge >= 0.3 is 0 Å². The van der Waals surface area contributed by atoms with Gasteiger partial charge in [0, 0.05) is 17.4 Å². The highest BCUT2D eigenvalue weighted by molar-refractivity contribution is 5.78. The van der Waals surface area contributed by atoms with Crippen molar-refractivity contribution >= 4 is 16.7 Å². The number of H-pyrrole nitrogens is 2. The van der Waals surface area contributed by atoms with Crippen LogP contribution in [-0.4, -0.2) is 52.8 Å². The summed E-state index contributed by atoms with van der Waals surface area (Å²) in [6, 6.07) is 23.9. The van der Waals surface area contributed by atoms with E-state index in [9.17, 15) is 0 Å². The lowest BCUT2D eigenvalue weighted by molar-refractivity contribution is 0.104. The summed E-state index contributed by atoms with van der Waals surface area (Å²) in [5, 5.41) is 29.0. The van der Waals surface area contributed by atoms with Gasteiger partial charge in [0.1, 0.15) is 29.7 Å². The first kappa shape index (κ1) is 28.1. The number of nitrogens with one attached hydrogen (secondary N) is 2. The molecule has 1 aliphatic heterocycles. The highest BCUT2D eigenvalue weighted by atomic mass is 16.5. The van der Waals surface area contributed by atoms with Crippen LogP contribution in [0.25, 0.3) is 16.7 Å². The van der Waals surface area contributed by atoms with Crippen LogP contribution in [0.1, 0.15) is 40.5 Å². The molecule has 0 radical (unpaired) electrons. The summed E-state index contributed by atoms with van der Waals surface area (Å²) in [5.74, 6) is 4.00. The van der Waals surface area contributed by atoms with E-state index >= 15 is 0 Å². The predicted molar refractivity (Wildman–Crippen MR) is 162 cm³/mol. The Hall–Kier alpha value is -5.69. The van der Waals surface area contributed by atoms with Crippen LogP contribution in [-0.2, 0) is 37.4 Å². The van der Waals surface area contributed by atoms with Gasteiger partial charge in [0.15, 0.2) is 5.76 Å². The highest BCUT2D eigenvalue weighted by Gasteiger charge is 2.17. The number of rotatable bonds is 13. The van der Waals surface area contributed by atoms with Gasteiger partial charge in [-0.05, 0) is 87.3 Å². The van der Waals surface area contributed by atoms with Crippen LogP contribution in [0, 0.1) is 0 Å². The van der Waals surface area contributed by atoms with E-state index in [1.165, 1.54) is 0 Å². The highest BCUT2D eigenvalue weighted by Crippen LogP contribution is 2.31. The average Bonchev–Trinajstić information content (AvgIpc) is 3.82. The maximum absolute atomic E-state index is 6.18. The quantitative estimate of drug-likeness (QED) is 0.178. The minimum atomic E-state index is 0.319. The Morgan fingerprint density at radius 2 is 1.76 bits per heavy atom. The van der Waals surface area contributed by atoms with Crippen molar-refractivity contribution in [3.8, 4) is 17.2 Å². The number of benzene rings is 3. The summed E-state index contributed by atoms with van der Waals surface area (Å²) in [5.41, 5.74) is 4.71. The maximum Gasteiger partial charge on any atom is 0.214 e. The van der Waals surface area contributed by atoms with Gasteiger partial charge in [-0.1, -0.05) is 36.4 Å². The van der Waals surface area contributed by atoms with E-state index in [4.69, 9.17) is 23.9 Å². The first-order chi connectivity index (χ1) is 22.3. The van der Waals surface area contributed by atoms with Crippen molar-refractivity contribution in [3.63, 3.8) is 0 Å². The monoisotopic (exact) mass is 603 g/mol. The summed E-state index contributed by atoms with van der Waals surface area (Å²) in [7, 11) is 0. The zero-order chi connectivity index (χ0) is 30.3. The molecule has 7 rings (SSSR count). The summed E-state index contributed by atoms with van der Waals surface area (Å²) in [6.07, 6.45) is 4.11. The largest absolute Gasteiger partial charge is 0.493 e. The first-order valence-corrected chi connectivity index (χ1v) is 14.5. The number of ether oxygens (including phenoxy) is 4. The fourth-order valence-electron chi connectivity index (χ4n) is 4.95. The van der Waals surface area contributed by atoms with Crippen LogP contribution in [0.2, 0.25) is 0 Å². The maximum atomic E-state index is 6.18. The van der Waals surface area contributed by atoms with Crippen LogP contribution >= 0.6 is 0 Å². The van der Waals surface area contributed by atoms with Gasteiger partial charge in [-0.25, -0.2) is 15.2 Å². The van der Waals surface area contributed by atoms with Gasteiger partial charge in [-0.2, -0.15) is 0 Å². The van der Waals surface area contributed by atoms with E-state index in [-0.39, 0.29) is 0 Å². The van der Waals surface area contributed by atoms with Crippen LogP contribution in [0.3, 0.4) is 0 Å². The third-order valence-electron chi connectivity index (χ3n) is 7.24. The van der Waals surface area contributed by atoms with Crippen molar-refractivity contribution in [2.75, 3.05) is 6.61 Å². The summed E-state index contributed by atoms with van der Waals surface area (Å²) in [4.78, 5) is 4.72. The lowest BCUT2D eigenvalue weighted by atomic mass is 10.1. The predicted octanol–water partition coefficient (Wildman–Crippen LogP) is 4.54. The molecule has 0 amide bonds. The molecule has 0 spiro atoms. The molecule has 3 aromatic carbocycles. The van der Waals surface area contributed by atoms with E-state index in [1.54, 1.807) is 0 Å². The average molecular weight is 604 g/mol. The van der Waals surface area contributed by atoms with E-state index in [0.717, 1.165) is 63.5 Å². The molecule has 1 aliphatic rings. The molecule has 13 nitrogen and oxygen atoms in total. The zero-order valence-corrected chi connectivity index (χ0v) is 24.2. The Kier molecular flexibility index (Phi) is 8.31. The molecule has 226 valence electrons. The summed E-state index contributed by atoms with van der Waals surface area (Å²) < 4.78 is 24.5. The fourth-order valence-corrected chi connectivity index (χ4v) is 4.95. The molecule has 4 heterocycles. The minimum Gasteiger partial charge on any atom is -0.493 e. The molecular weight excluding hydrogens is 574 g/mol. The minimum absolute atomic E-state index is 0.319. The molecule has 0 aliphatic carbocycles. The van der Waals surface area contributed by atoms with Gasteiger partial charge in [-0.15, -0.1) is 10.2 Å². The smallest absolute Gasteiger partial charge is 0.214 e. The molecule has 0 unspecified atom stereocenters. The molecule has 13 heteroatoms. The van der Waals surface area contributed by atoms with Crippen LogP contribution in [0.15, 0.2) is 78.9 Å². The van der Waals surface area contributed by atoms with Gasteiger partial charge in [0.05, 0.1) is 31.0 Å². The molecule has 0 fully saturated rings. The topological polar surface area (TPSA) is 159 Å². The van der Waals surface area contributed by atoms with Gasteiger partial charge in [0.25, 0.3) is 0 Å². The van der Waals surface area contributed by atoms with E-state index in [1.807, 2.05) is 72.8 Å². The fraction of sp³-hybridized carbons (Fsp3) is 0.219. The molecule has 0 bridgehead atoms. The number of aromatic nitrogens is 9. The number of aromatic amines is 2. The molecular formula is C32H29N9O4. The second-order valence-corrected chi connectivity index (χ2v) is 10.4. The van der Waals surface area contributed by atoms with E-state index in [2.05, 4.69) is 47.3 Å². The van der Waals surface area contributed by atoms with Crippen molar-refractivity contribution in [2.45, 2.75) is 39.1 Å². The van der Waals surface area contributed by atoms with E-state index in [0.29, 0.717) is 50.2 Å².